The number of anilines is 4. The highest BCUT2D eigenvalue weighted by Gasteiger charge is 2.26. The molecule has 2 N–H and O–H groups in total. The first kappa shape index (κ1) is 51.2. The van der Waals surface area contributed by atoms with Crippen molar-refractivity contribution < 1.29 is 38.8 Å². The van der Waals surface area contributed by atoms with Gasteiger partial charge in [0.15, 0.2) is 11.4 Å². The minimum absolute atomic E-state index is 0.108. The van der Waals surface area contributed by atoms with Gasteiger partial charge < -0.3 is 29.9 Å². The molecule has 0 aliphatic rings. The zero-order chi connectivity index (χ0) is 48.7. The van der Waals surface area contributed by atoms with Crippen molar-refractivity contribution >= 4 is 103 Å². The van der Waals surface area contributed by atoms with Gasteiger partial charge in [0.1, 0.15) is 22.9 Å². The topological polar surface area (TPSA) is 305 Å². The molecular formula is C39H40Cl2N12O12. The van der Waals surface area contributed by atoms with E-state index in [1.807, 2.05) is 23.8 Å². The Balaban J connectivity index is 0.000000347. The monoisotopic (exact) mass is 938 g/mol. The third kappa shape index (κ3) is 13.4. The van der Waals surface area contributed by atoms with Gasteiger partial charge in [-0.1, -0.05) is 35.4 Å². The summed E-state index contributed by atoms with van der Waals surface area (Å²) in [5, 5.41) is 65.1. The molecule has 0 heterocycles. The number of nitro benzene ring substituents is 4. The van der Waals surface area contributed by atoms with Gasteiger partial charge in [0.2, 0.25) is 11.8 Å². The number of carbonyl (C=O) groups is 2. The number of nitrogens with zero attached hydrogens (tertiary/aromatic N) is 10. The number of halogens is 2. The minimum atomic E-state index is -0.853. The van der Waals surface area contributed by atoms with Gasteiger partial charge in [-0.15, -0.1) is 33.6 Å². The normalized spacial score (nSPS) is 10.6. The summed E-state index contributed by atoms with van der Waals surface area (Å²) in [7, 11) is 4.73. The molecule has 0 spiro atoms. The van der Waals surface area contributed by atoms with Crippen LogP contribution in [0.4, 0.5) is 68.2 Å². The van der Waals surface area contributed by atoms with Crippen molar-refractivity contribution in [2.24, 2.45) is 20.5 Å². The van der Waals surface area contributed by atoms with E-state index in [1.54, 1.807) is 24.3 Å². The molecule has 2 amide bonds. The first-order valence-corrected chi connectivity index (χ1v) is 19.2. The average Bonchev–Trinajstić information content (AvgIpc) is 3.24. The highest BCUT2D eigenvalue weighted by Crippen LogP contribution is 2.45. The lowest BCUT2D eigenvalue weighted by Crippen LogP contribution is -2.24. The van der Waals surface area contributed by atoms with E-state index < -0.39 is 48.3 Å². The maximum atomic E-state index is 11.8. The molecule has 65 heavy (non-hydrogen) atoms. The SMILES string of the molecule is C=CCN(CC=C)c1cc(NC(C)=O)c(N=Nc2c(Cl)cc([N+](=O)[O-])cc2[N+](=O)[O-])cc1OC.CCN(C)c1cc(NC(C)=O)c(N=Nc2c(Cl)cc([N+](=O)[O-])cc2[N+](=O)[O-])cc1OC. The summed E-state index contributed by atoms with van der Waals surface area (Å²) in [5.74, 6) is 0.0321. The minimum Gasteiger partial charge on any atom is -0.494 e. The number of amides is 2. The van der Waals surface area contributed by atoms with E-state index in [2.05, 4.69) is 44.2 Å². The number of non-ortho nitro benzene ring substituents is 2. The molecule has 0 radical (unpaired) electrons. The molecule has 0 bridgehead atoms. The van der Waals surface area contributed by atoms with Gasteiger partial charge in [-0.05, 0) is 19.1 Å². The molecule has 26 heteroatoms. The Kier molecular flexibility index (Phi) is 18.4. The number of methoxy groups -OCH3 is 2. The number of nitro groups is 4. The molecule has 4 rings (SSSR count). The first-order chi connectivity index (χ1) is 30.7. The summed E-state index contributed by atoms with van der Waals surface area (Å²) in [6.07, 6.45) is 3.37. The summed E-state index contributed by atoms with van der Waals surface area (Å²) in [5.41, 5.74) is -1.19. The molecule has 0 atom stereocenters. The van der Waals surface area contributed by atoms with Gasteiger partial charge in [-0.2, -0.15) is 0 Å². The van der Waals surface area contributed by atoms with E-state index in [1.165, 1.54) is 40.2 Å². The van der Waals surface area contributed by atoms with Crippen molar-refractivity contribution in [3.05, 3.63) is 124 Å². The second kappa shape index (κ2) is 23.4. The molecule has 24 nitrogen and oxygen atoms in total. The predicted molar refractivity (Wildman–Crippen MR) is 244 cm³/mol. The lowest BCUT2D eigenvalue weighted by molar-refractivity contribution is -0.393. The maximum Gasteiger partial charge on any atom is 0.305 e. The van der Waals surface area contributed by atoms with E-state index in [0.717, 1.165) is 24.3 Å². The van der Waals surface area contributed by atoms with Crippen LogP contribution in [0.5, 0.6) is 11.5 Å². The van der Waals surface area contributed by atoms with Crippen LogP contribution < -0.4 is 29.9 Å². The quantitative estimate of drug-likeness (QED) is 0.0382. The first-order valence-electron chi connectivity index (χ1n) is 18.5. The molecule has 0 aliphatic carbocycles. The van der Waals surface area contributed by atoms with Gasteiger partial charge in [-0.25, -0.2) is 0 Å². The molecular weight excluding hydrogens is 899 g/mol. The third-order valence-electron chi connectivity index (χ3n) is 8.53. The van der Waals surface area contributed by atoms with Crippen molar-refractivity contribution in [1.82, 2.24) is 0 Å². The van der Waals surface area contributed by atoms with Gasteiger partial charge in [-0.3, -0.25) is 50.0 Å². The zero-order valence-electron chi connectivity index (χ0n) is 35.4. The van der Waals surface area contributed by atoms with Crippen LogP contribution in [0.15, 0.2) is 94.3 Å². The fourth-order valence-electron chi connectivity index (χ4n) is 5.52. The second-order valence-electron chi connectivity index (χ2n) is 13.0. The Bertz CT molecular complexity index is 2600. The lowest BCUT2D eigenvalue weighted by Gasteiger charge is -2.25. The lowest BCUT2D eigenvalue weighted by atomic mass is 10.2. The standard InChI is InChI=1S/C21H21ClN6O6.C18H19ClN6O6/c1-5-7-26(8-6-2)18-11-16(23-13(3)29)17(12-20(18)34-4)24-25-21-15(22)9-14(27(30)31)10-19(21)28(32)33;1-5-23(3)15-8-13(20-10(2)26)14(9-17(15)31-4)21-22-18-12(19)6-11(24(27)28)7-16(18)25(29)30/h5-6,9-12H,1-2,7-8H2,3-4H3,(H,23,29);6-9H,5H2,1-4H3,(H,20,26). The van der Waals surface area contributed by atoms with Gasteiger partial charge in [0, 0.05) is 64.8 Å². The number of nitrogens with one attached hydrogen (secondary N) is 2. The van der Waals surface area contributed by atoms with E-state index in [9.17, 15) is 50.0 Å². The van der Waals surface area contributed by atoms with Crippen LogP contribution >= 0.6 is 23.2 Å². The smallest absolute Gasteiger partial charge is 0.305 e. The number of azo groups is 2. The summed E-state index contributed by atoms with van der Waals surface area (Å²) in [6.45, 7) is 13.6. The van der Waals surface area contributed by atoms with Gasteiger partial charge in [0.25, 0.3) is 11.4 Å². The molecule has 4 aromatic rings. The summed E-state index contributed by atoms with van der Waals surface area (Å²) in [4.78, 5) is 68.7. The fourth-order valence-corrected chi connectivity index (χ4v) is 6.01. The summed E-state index contributed by atoms with van der Waals surface area (Å²) < 4.78 is 10.8. The van der Waals surface area contributed by atoms with Crippen LogP contribution in [0.3, 0.4) is 0 Å². The van der Waals surface area contributed by atoms with Gasteiger partial charge in [0.05, 0.1) is 78.8 Å². The molecule has 0 aromatic heterocycles. The van der Waals surface area contributed by atoms with Crippen molar-refractivity contribution in [3.8, 4) is 11.5 Å². The van der Waals surface area contributed by atoms with Crippen molar-refractivity contribution in [1.29, 1.82) is 0 Å². The number of ether oxygens (including phenoxy) is 2. The second-order valence-corrected chi connectivity index (χ2v) is 13.8. The third-order valence-corrected chi connectivity index (χ3v) is 9.10. The molecule has 0 unspecified atom stereocenters. The molecule has 0 saturated carbocycles. The van der Waals surface area contributed by atoms with E-state index in [-0.39, 0.29) is 50.1 Å². The van der Waals surface area contributed by atoms with Crippen molar-refractivity contribution in [3.63, 3.8) is 0 Å². The highest BCUT2D eigenvalue weighted by molar-refractivity contribution is 6.34. The number of hydrogen-bond donors (Lipinski definition) is 2. The maximum absolute atomic E-state index is 11.8. The predicted octanol–water partition coefficient (Wildman–Crippen LogP) is 10.7. The largest absolute Gasteiger partial charge is 0.494 e. The Hall–Kier alpha value is -8.12. The Morgan fingerprint density at radius 1 is 0.662 bits per heavy atom. The van der Waals surface area contributed by atoms with E-state index in [4.69, 9.17) is 32.7 Å². The summed E-state index contributed by atoms with van der Waals surface area (Å²) in [6, 6.07) is 9.57. The van der Waals surface area contributed by atoms with Crippen LogP contribution in [0.2, 0.25) is 10.0 Å². The van der Waals surface area contributed by atoms with Crippen LogP contribution in [0, 0.1) is 40.5 Å². The molecule has 342 valence electrons. The van der Waals surface area contributed by atoms with Crippen LogP contribution in [0.1, 0.15) is 20.8 Å². The van der Waals surface area contributed by atoms with E-state index >= 15 is 0 Å². The van der Waals surface area contributed by atoms with Crippen molar-refractivity contribution in [2.75, 3.05) is 61.3 Å². The summed E-state index contributed by atoms with van der Waals surface area (Å²) >= 11 is 12.0. The Morgan fingerprint density at radius 2 is 1.05 bits per heavy atom. The number of rotatable bonds is 19. The van der Waals surface area contributed by atoms with Gasteiger partial charge >= 0.3 is 11.4 Å². The van der Waals surface area contributed by atoms with Crippen LogP contribution in [-0.4, -0.2) is 72.4 Å². The number of carbonyl (C=O) groups excluding carboxylic acids is 2. The molecule has 0 fully saturated rings. The molecule has 0 aliphatic heterocycles. The van der Waals surface area contributed by atoms with Crippen LogP contribution in [0.25, 0.3) is 0 Å². The van der Waals surface area contributed by atoms with Crippen LogP contribution in [-0.2, 0) is 9.59 Å². The number of hydrogen-bond acceptors (Lipinski definition) is 18. The zero-order valence-corrected chi connectivity index (χ0v) is 36.9. The Labute approximate surface area is 379 Å². The molecule has 0 saturated heterocycles. The van der Waals surface area contributed by atoms with E-state index in [0.29, 0.717) is 42.5 Å². The molecule has 4 aromatic carbocycles. The van der Waals surface area contributed by atoms with Crippen molar-refractivity contribution in [2.45, 2.75) is 20.8 Å². The Morgan fingerprint density at radius 3 is 1.37 bits per heavy atom. The average molecular weight is 940 g/mol. The number of benzene rings is 4. The fraction of sp³-hybridized carbons (Fsp3) is 0.231. The highest BCUT2D eigenvalue weighted by atomic mass is 35.5.